The van der Waals surface area contributed by atoms with Crippen LogP contribution in [0.3, 0.4) is 0 Å². The van der Waals surface area contributed by atoms with Gasteiger partial charge in [-0.15, -0.1) is 0 Å². The van der Waals surface area contributed by atoms with Crippen molar-refractivity contribution in [2.45, 2.75) is 0 Å². The van der Waals surface area contributed by atoms with Crippen LogP contribution in [0.15, 0.2) is 78.9 Å². The van der Waals surface area contributed by atoms with Crippen molar-refractivity contribution < 1.29 is 9.84 Å². The van der Waals surface area contributed by atoms with E-state index >= 15 is 0 Å². The highest BCUT2D eigenvalue weighted by Crippen LogP contribution is 2.27. The van der Waals surface area contributed by atoms with Gasteiger partial charge in [-0.1, -0.05) is 30.3 Å². The maximum absolute atomic E-state index is 9.45. The lowest BCUT2D eigenvalue weighted by Crippen LogP contribution is -1.90. The number of hydrogen-bond acceptors (Lipinski definition) is 3. The third kappa shape index (κ3) is 3.54. The number of hydrogen-bond donors (Lipinski definition) is 2. The second-order valence-corrected chi connectivity index (χ2v) is 4.62. The first-order chi connectivity index (χ1) is 10.3. The number of phenols is 1. The van der Waals surface area contributed by atoms with Crippen LogP contribution in [-0.2, 0) is 0 Å². The fraction of sp³-hybridized carbons (Fsp3) is 0. The molecule has 0 aliphatic carbocycles. The molecule has 3 heteroatoms. The molecule has 2 N–H and O–H groups in total. The molecule has 0 saturated carbocycles. The first kappa shape index (κ1) is 13.1. The molecule has 21 heavy (non-hydrogen) atoms. The Morgan fingerprint density at radius 2 is 1.33 bits per heavy atom. The van der Waals surface area contributed by atoms with Crippen LogP contribution in [0.4, 0.5) is 11.4 Å². The maximum Gasteiger partial charge on any atom is 0.131 e. The van der Waals surface area contributed by atoms with Crippen molar-refractivity contribution in [3.05, 3.63) is 78.9 Å². The molecule has 3 nitrogen and oxygen atoms in total. The number of nitrogens with one attached hydrogen (secondary N) is 1. The van der Waals surface area contributed by atoms with Gasteiger partial charge in [0.05, 0.1) is 0 Å². The van der Waals surface area contributed by atoms with Crippen LogP contribution in [0, 0.1) is 0 Å². The summed E-state index contributed by atoms with van der Waals surface area (Å²) < 4.78 is 5.74. The Morgan fingerprint density at radius 1 is 0.667 bits per heavy atom. The summed E-state index contributed by atoms with van der Waals surface area (Å²) in [7, 11) is 0. The van der Waals surface area contributed by atoms with Crippen LogP contribution in [0.5, 0.6) is 17.2 Å². The molecule has 0 spiro atoms. The zero-order valence-electron chi connectivity index (χ0n) is 11.4. The van der Waals surface area contributed by atoms with Crippen molar-refractivity contribution in [2.24, 2.45) is 0 Å². The van der Waals surface area contributed by atoms with Crippen molar-refractivity contribution in [2.75, 3.05) is 5.32 Å². The number of para-hydroxylation sites is 1. The molecule has 0 aromatic heterocycles. The van der Waals surface area contributed by atoms with Crippen LogP contribution in [0.25, 0.3) is 0 Å². The Labute approximate surface area is 123 Å². The van der Waals surface area contributed by atoms with Gasteiger partial charge in [0.2, 0.25) is 0 Å². The Bertz CT molecular complexity index is 726. The van der Waals surface area contributed by atoms with Crippen LogP contribution >= 0.6 is 0 Å². The van der Waals surface area contributed by atoms with Crippen molar-refractivity contribution in [1.29, 1.82) is 0 Å². The lowest BCUT2D eigenvalue weighted by molar-refractivity contribution is 0.455. The number of aromatic hydroxyl groups is 1. The molecule has 3 aromatic carbocycles. The van der Waals surface area contributed by atoms with Gasteiger partial charge >= 0.3 is 0 Å². The van der Waals surface area contributed by atoms with E-state index in [1.807, 2.05) is 54.6 Å². The van der Waals surface area contributed by atoms with Gasteiger partial charge in [0.1, 0.15) is 17.2 Å². The summed E-state index contributed by atoms with van der Waals surface area (Å²) in [6, 6.07) is 24.4. The molecule has 0 saturated heterocycles. The standard InChI is InChI=1S/C18H15NO2/c20-16-9-5-11-18(13-16)21-17-10-4-8-15(12-17)19-14-6-2-1-3-7-14/h1-13,19-20H. The van der Waals surface area contributed by atoms with Gasteiger partial charge in [0.25, 0.3) is 0 Å². The maximum atomic E-state index is 9.45. The zero-order valence-corrected chi connectivity index (χ0v) is 11.4. The molecule has 0 amide bonds. The molecule has 0 bridgehead atoms. The summed E-state index contributed by atoms with van der Waals surface area (Å²) in [4.78, 5) is 0. The summed E-state index contributed by atoms with van der Waals surface area (Å²) >= 11 is 0. The van der Waals surface area contributed by atoms with Gasteiger partial charge in [-0.3, -0.25) is 0 Å². The van der Waals surface area contributed by atoms with Crippen LogP contribution < -0.4 is 10.1 Å². The fourth-order valence-electron chi connectivity index (χ4n) is 2.01. The summed E-state index contributed by atoms with van der Waals surface area (Å²) in [5.74, 6) is 1.50. The van der Waals surface area contributed by atoms with Crippen molar-refractivity contribution in [1.82, 2.24) is 0 Å². The monoisotopic (exact) mass is 277 g/mol. The zero-order chi connectivity index (χ0) is 14.5. The van der Waals surface area contributed by atoms with Gasteiger partial charge in [-0.05, 0) is 36.4 Å². The first-order valence-electron chi connectivity index (χ1n) is 6.69. The molecule has 0 unspecified atom stereocenters. The molecule has 0 fully saturated rings. The predicted molar refractivity (Wildman–Crippen MR) is 84.3 cm³/mol. The topological polar surface area (TPSA) is 41.5 Å². The number of ether oxygens (including phenoxy) is 1. The van der Waals surface area contributed by atoms with E-state index in [1.165, 1.54) is 0 Å². The van der Waals surface area contributed by atoms with E-state index < -0.39 is 0 Å². The van der Waals surface area contributed by atoms with Gasteiger partial charge in [0, 0.05) is 23.5 Å². The van der Waals surface area contributed by atoms with Crippen LogP contribution in [0.1, 0.15) is 0 Å². The third-order valence-electron chi connectivity index (χ3n) is 2.95. The minimum atomic E-state index is 0.186. The molecule has 0 atom stereocenters. The Kier molecular flexibility index (Phi) is 3.74. The minimum Gasteiger partial charge on any atom is -0.508 e. The normalized spacial score (nSPS) is 10.1. The van der Waals surface area contributed by atoms with Crippen LogP contribution in [0.2, 0.25) is 0 Å². The van der Waals surface area contributed by atoms with E-state index in [2.05, 4.69) is 5.32 Å². The summed E-state index contributed by atoms with van der Waals surface area (Å²) in [5.41, 5.74) is 1.96. The third-order valence-corrected chi connectivity index (χ3v) is 2.95. The van der Waals surface area contributed by atoms with Crippen molar-refractivity contribution >= 4 is 11.4 Å². The van der Waals surface area contributed by atoms with E-state index in [0.29, 0.717) is 11.5 Å². The summed E-state index contributed by atoms with van der Waals surface area (Å²) in [5, 5.41) is 12.8. The smallest absolute Gasteiger partial charge is 0.131 e. The average Bonchev–Trinajstić information content (AvgIpc) is 2.49. The number of rotatable bonds is 4. The lowest BCUT2D eigenvalue weighted by atomic mass is 10.2. The number of benzene rings is 3. The average molecular weight is 277 g/mol. The largest absolute Gasteiger partial charge is 0.508 e. The second-order valence-electron chi connectivity index (χ2n) is 4.62. The second kappa shape index (κ2) is 6.01. The molecule has 0 radical (unpaired) electrons. The van der Waals surface area contributed by atoms with E-state index in [1.54, 1.807) is 24.3 Å². The van der Waals surface area contributed by atoms with E-state index in [9.17, 15) is 5.11 Å². The summed E-state index contributed by atoms with van der Waals surface area (Å²) in [6.45, 7) is 0. The highest BCUT2D eigenvalue weighted by Gasteiger charge is 2.00. The van der Waals surface area contributed by atoms with E-state index in [0.717, 1.165) is 11.4 Å². The van der Waals surface area contributed by atoms with Crippen molar-refractivity contribution in [3.8, 4) is 17.2 Å². The predicted octanol–water partition coefficient (Wildman–Crippen LogP) is 4.93. The highest BCUT2D eigenvalue weighted by atomic mass is 16.5. The Balaban J connectivity index is 1.77. The molecular weight excluding hydrogens is 262 g/mol. The Morgan fingerprint density at radius 3 is 2.10 bits per heavy atom. The fourth-order valence-corrected chi connectivity index (χ4v) is 2.01. The van der Waals surface area contributed by atoms with Gasteiger partial charge in [-0.2, -0.15) is 0 Å². The molecule has 104 valence electrons. The van der Waals surface area contributed by atoms with E-state index in [4.69, 9.17) is 4.74 Å². The Hall–Kier alpha value is -2.94. The van der Waals surface area contributed by atoms with E-state index in [-0.39, 0.29) is 5.75 Å². The molecule has 0 aliphatic rings. The number of phenolic OH excluding ortho intramolecular Hbond substituents is 1. The molecule has 0 heterocycles. The molecular formula is C18H15NO2. The van der Waals surface area contributed by atoms with Gasteiger partial charge in [0.15, 0.2) is 0 Å². The first-order valence-corrected chi connectivity index (χ1v) is 6.69. The SMILES string of the molecule is Oc1cccc(Oc2cccc(Nc3ccccc3)c2)c1. The number of anilines is 2. The minimum absolute atomic E-state index is 0.186. The van der Waals surface area contributed by atoms with Crippen LogP contribution in [-0.4, -0.2) is 5.11 Å². The highest BCUT2D eigenvalue weighted by molar-refractivity contribution is 5.61. The summed E-state index contributed by atoms with van der Waals surface area (Å²) in [6.07, 6.45) is 0. The van der Waals surface area contributed by atoms with Gasteiger partial charge < -0.3 is 15.2 Å². The van der Waals surface area contributed by atoms with Gasteiger partial charge in [-0.25, -0.2) is 0 Å². The molecule has 3 aromatic rings. The molecule has 3 rings (SSSR count). The lowest BCUT2D eigenvalue weighted by Gasteiger charge is -2.10. The molecule has 0 aliphatic heterocycles. The quantitative estimate of drug-likeness (QED) is 0.710. The van der Waals surface area contributed by atoms with Crippen molar-refractivity contribution in [3.63, 3.8) is 0 Å².